The summed E-state index contributed by atoms with van der Waals surface area (Å²) in [6.45, 7) is 3.46. The number of nitrogens with zero attached hydrogens (tertiary/aromatic N) is 1. The van der Waals surface area contributed by atoms with Crippen LogP contribution in [0.3, 0.4) is 0 Å². The van der Waals surface area contributed by atoms with E-state index >= 15 is 0 Å². The number of hydrogen-bond acceptors (Lipinski definition) is 6. The number of thioether (sulfide) groups is 1. The molecule has 0 saturated carbocycles. The molecule has 0 aromatic heterocycles. The van der Waals surface area contributed by atoms with Crippen LogP contribution in [0.25, 0.3) is 0 Å². The van der Waals surface area contributed by atoms with Crippen molar-refractivity contribution < 1.29 is 19.1 Å². The van der Waals surface area contributed by atoms with Crippen LogP contribution < -0.4 is 10.1 Å². The van der Waals surface area contributed by atoms with Crippen molar-refractivity contribution in [3.63, 3.8) is 0 Å². The molecule has 1 aliphatic rings. The Balaban J connectivity index is 1.73. The molecule has 8 heteroatoms. The topological polar surface area (TPSA) is 67.9 Å². The molecule has 1 aromatic rings. The average Bonchev–Trinajstić information content (AvgIpc) is 3.13. The van der Waals surface area contributed by atoms with Gasteiger partial charge in [-0.1, -0.05) is 30.0 Å². The fourth-order valence-electron chi connectivity index (χ4n) is 2.41. The Hall–Kier alpha value is -1.80. The first-order chi connectivity index (χ1) is 12.0. The molecule has 0 spiro atoms. The average molecular weight is 383 g/mol. The van der Waals surface area contributed by atoms with E-state index in [1.54, 1.807) is 12.1 Å². The predicted molar refractivity (Wildman–Crippen MR) is 103 cm³/mol. The molecule has 1 aromatic carbocycles. The molecule has 1 heterocycles. The van der Waals surface area contributed by atoms with Crippen LogP contribution in [-0.4, -0.2) is 53.7 Å². The first kappa shape index (κ1) is 19.5. The van der Waals surface area contributed by atoms with E-state index < -0.39 is 11.9 Å². The van der Waals surface area contributed by atoms with Crippen LogP contribution in [0.1, 0.15) is 18.4 Å². The van der Waals surface area contributed by atoms with E-state index in [1.165, 1.54) is 18.9 Å². The van der Waals surface area contributed by atoms with Crippen LogP contribution in [0.15, 0.2) is 18.2 Å². The lowest BCUT2D eigenvalue weighted by Crippen LogP contribution is -2.25. The second-order valence-corrected chi connectivity index (χ2v) is 7.27. The highest BCUT2D eigenvalue weighted by Crippen LogP contribution is 2.25. The summed E-state index contributed by atoms with van der Waals surface area (Å²) in [5.74, 6) is -0.213. The van der Waals surface area contributed by atoms with Gasteiger partial charge in [-0.05, 0) is 37.5 Å². The van der Waals surface area contributed by atoms with E-state index in [1.807, 2.05) is 13.0 Å². The molecule has 6 nitrogen and oxygen atoms in total. The fourth-order valence-corrected chi connectivity index (χ4v) is 3.45. The number of aryl methyl sites for hydroxylation is 1. The third kappa shape index (κ3) is 6.21. The molecule has 1 fully saturated rings. The second-order valence-electron chi connectivity index (χ2n) is 5.66. The Labute approximate surface area is 157 Å². The third-order valence-corrected chi connectivity index (χ3v) is 5.17. The van der Waals surface area contributed by atoms with E-state index in [0.29, 0.717) is 15.8 Å². The maximum Gasteiger partial charge on any atom is 0.316 e. The number of amides is 1. The van der Waals surface area contributed by atoms with Crippen molar-refractivity contribution >= 4 is 45.9 Å². The maximum atomic E-state index is 12.0. The van der Waals surface area contributed by atoms with E-state index in [4.69, 9.17) is 21.7 Å². The summed E-state index contributed by atoms with van der Waals surface area (Å²) in [5, 5.41) is 2.69. The van der Waals surface area contributed by atoms with Gasteiger partial charge in [-0.15, -0.1) is 0 Å². The standard InChI is InChI=1S/C17H22N2O4S2/c1-12-5-6-14(22-2)13(9-12)18-15(20)10-23-16(21)11-25-17(24)19-7-3-4-8-19/h5-6,9H,3-4,7-8,10-11H2,1-2H3,(H,18,20). The molecule has 0 aliphatic carbocycles. The van der Waals surface area contributed by atoms with Gasteiger partial charge in [-0.25, -0.2) is 0 Å². The molecule has 0 unspecified atom stereocenters. The van der Waals surface area contributed by atoms with Gasteiger partial charge in [-0.2, -0.15) is 0 Å². The fraction of sp³-hybridized carbons (Fsp3) is 0.471. The molecule has 25 heavy (non-hydrogen) atoms. The van der Waals surface area contributed by atoms with Crippen LogP contribution in [0, 0.1) is 6.92 Å². The molecule has 1 amide bonds. The van der Waals surface area contributed by atoms with Gasteiger partial charge < -0.3 is 19.7 Å². The molecule has 136 valence electrons. The van der Waals surface area contributed by atoms with Gasteiger partial charge in [0.15, 0.2) is 6.61 Å². The Morgan fingerprint density at radius 1 is 1.32 bits per heavy atom. The zero-order valence-corrected chi connectivity index (χ0v) is 16.0. The van der Waals surface area contributed by atoms with E-state index in [2.05, 4.69) is 10.2 Å². The minimum absolute atomic E-state index is 0.108. The van der Waals surface area contributed by atoms with Gasteiger partial charge in [0.05, 0.1) is 18.6 Å². The predicted octanol–water partition coefficient (Wildman–Crippen LogP) is 2.60. The van der Waals surface area contributed by atoms with Gasteiger partial charge in [0.1, 0.15) is 10.1 Å². The normalized spacial score (nSPS) is 13.4. The number of esters is 1. The highest BCUT2D eigenvalue weighted by atomic mass is 32.2. The number of benzene rings is 1. The summed E-state index contributed by atoms with van der Waals surface area (Å²) in [4.78, 5) is 25.8. The molecule has 1 N–H and O–H groups in total. The van der Waals surface area contributed by atoms with Crippen LogP contribution in [0.5, 0.6) is 5.75 Å². The molecule has 2 rings (SSSR count). The third-order valence-electron chi connectivity index (χ3n) is 3.67. The molecular weight excluding hydrogens is 360 g/mol. The van der Waals surface area contributed by atoms with Crippen molar-refractivity contribution in [2.24, 2.45) is 0 Å². The zero-order chi connectivity index (χ0) is 18.2. The number of hydrogen-bond donors (Lipinski definition) is 1. The lowest BCUT2D eigenvalue weighted by Gasteiger charge is -2.17. The highest BCUT2D eigenvalue weighted by molar-refractivity contribution is 8.23. The van der Waals surface area contributed by atoms with Crippen LogP contribution in [0.2, 0.25) is 0 Å². The minimum atomic E-state index is -0.460. The summed E-state index contributed by atoms with van der Waals surface area (Å²) in [6.07, 6.45) is 2.27. The van der Waals surface area contributed by atoms with E-state index in [9.17, 15) is 9.59 Å². The molecule has 0 atom stereocenters. The van der Waals surface area contributed by atoms with Crippen LogP contribution in [0.4, 0.5) is 5.69 Å². The number of nitrogens with one attached hydrogen (secondary N) is 1. The molecular formula is C17H22N2O4S2. The number of thiocarbonyl (C=S) groups is 1. The highest BCUT2D eigenvalue weighted by Gasteiger charge is 2.17. The Kier molecular flexibility index (Phi) is 7.52. The first-order valence-corrected chi connectivity index (χ1v) is 9.41. The molecule has 0 bridgehead atoms. The lowest BCUT2D eigenvalue weighted by atomic mass is 10.2. The quantitative estimate of drug-likeness (QED) is 0.599. The summed E-state index contributed by atoms with van der Waals surface area (Å²) in [5.41, 5.74) is 1.54. The van der Waals surface area contributed by atoms with Gasteiger partial charge in [0, 0.05) is 13.1 Å². The largest absolute Gasteiger partial charge is 0.495 e. The van der Waals surface area contributed by atoms with Gasteiger partial charge >= 0.3 is 5.97 Å². The Morgan fingerprint density at radius 2 is 2.04 bits per heavy atom. The smallest absolute Gasteiger partial charge is 0.316 e. The molecule has 1 saturated heterocycles. The Morgan fingerprint density at radius 3 is 2.72 bits per heavy atom. The van der Waals surface area contributed by atoms with Crippen LogP contribution in [-0.2, 0) is 14.3 Å². The monoisotopic (exact) mass is 382 g/mol. The Bertz CT molecular complexity index is 646. The van der Waals surface area contributed by atoms with Gasteiger partial charge in [-0.3, -0.25) is 9.59 Å². The summed E-state index contributed by atoms with van der Waals surface area (Å²) < 4.78 is 10.9. The van der Waals surface area contributed by atoms with Gasteiger partial charge in [0.2, 0.25) is 0 Å². The zero-order valence-electron chi connectivity index (χ0n) is 14.4. The summed E-state index contributed by atoms with van der Waals surface area (Å²) in [6, 6.07) is 5.45. The number of anilines is 1. The van der Waals surface area contributed by atoms with E-state index in [0.717, 1.165) is 31.5 Å². The second kappa shape index (κ2) is 9.62. The number of ether oxygens (including phenoxy) is 2. The minimum Gasteiger partial charge on any atom is -0.495 e. The van der Waals surface area contributed by atoms with Crippen LogP contribution >= 0.6 is 24.0 Å². The number of likely N-dealkylation sites (tertiary alicyclic amines) is 1. The van der Waals surface area contributed by atoms with Crippen molar-refractivity contribution in [2.45, 2.75) is 19.8 Å². The molecule has 0 radical (unpaired) electrons. The van der Waals surface area contributed by atoms with Crippen molar-refractivity contribution in [1.82, 2.24) is 4.90 Å². The number of carbonyl (C=O) groups is 2. The number of rotatable bonds is 6. The van der Waals surface area contributed by atoms with Crippen molar-refractivity contribution in [2.75, 3.05) is 37.9 Å². The number of methoxy groups -OCH3 is 1. The maximum absolute atomic E-state index is 12.0. The van der Waals surface area contributed by atoms with Gasteiger partial charge in [0.25, 0.3) is 5.91 Å². The number of carbonyl (C=O) groups excluding carboxylic acids is 2. The van der Waals surface area contributed by atoms with Crippen molar-refractivity contribution in [1.29, 1.82) is 0 Å². The lowest BCUT2D eigenvalue weighted by molar-refractivity contribution is -0.144. The molecule has 1 aliphatic heterocycles. The SMILES string of the molecule is COc1ccc(C)cc1NC(=O)COC(=O)CSC(=S)N1CCCC1. The van der Waals surface area contributed by atoms with Crippen molar-refractivity contribution in [3.8, 4) is 5.75 Å². The summed E-state index contributed by atoms with van der Waals surface area (Å²) >= 11 is 6.56. The summed E-state index contributed by atoms with van der Waals surface area (Å²) in [7, 11) is 1.53. The van der Waals surface area contributed by atoms with E-state index in [-0.39, 0.29) is 12.4 Å². The van der Waals surface area contributed by atoms with Crippen molar-refractivity contribution in [3.05, 3.63) is 23.8 Å². The first-order valence-electron chi connectivity index (χ1n) is 8.01.